The molecule has 0 radical (unpaired) electrons. The number of amides is 2. The summed E-state index contributed by atoms with van der Waals surface area (Å²) in [5.41, 5.74) is 1.27. The summed E-state index contributed by atoms with van der Waals surface area (Å²) < 4.78 is 11.0. The molecule has 0 aromatic heterocycles. The van der Waals surface area contributed by atoms with Gasteiger partial charge in [-0.05, 0) is 37.3 Å². The Hall–Kier alpha value is -2.40. The van der Waals surface area contributed by atoms with Gasteiger partial charge in [0.2, 0.25) is 0 Å². The molecule has 0 saturated heterocycles. The van der Waals surface area contributed by atoms with E-state index in [4.69, 9.17) is 21.1 Å². The number of anilines is 2. The Morgan fingerprint density at radius 3 is 2.91 bits per heavy atom. The predicted molar refractivity (Wildman–Crippen MR) is 90.9 cm³/mol. The van der Waals surface area contributed by atoms with E-state index in [-0.39, 0.29) is 12.1 Å². The molecule has 0 saturated carbocycles. The van der Waals surface area contributed by atoms with Gasteiger partial charge in [-0.1, -0.05) is 23.7 Å². The average molecular weight is 333 g/mol. The maximum atomic E-state index is 12.7. The number of methoxy groups -OCH3 is 1. The molecule has 2 amide bonds. The van der Waals surface area contributed by atoms with Crippen molar-refractivity contribution in [3.05, 3.63) is 47.5 Å². The highest BCUT2D eigenvalue weighted by Gasteiger charge is 2.28. The summed E-state index contributed by atoms with van der Waals surface area (Å²) in [6.45, 7) is 2.36. The Labute approximate surface area is 139 Å². The minimum atomic E-state index is -0.256. The van der Waals surface area contributed by atoms with Crippen molar-refractivity contribution >= 4 is 29.0 Å². The van der Waals surface area contributed by atoms with Crippen LogP contribution in [0, 0.1) is 0 Å². The van der Waals surface area contributed by atoms with Crippen molar-refractivity contribution in [3.63, 3.8) is 0 Å². The zero-order chi connectivity index (χ0) is 16.4. The monoisotopic (exact) mass is 332 g/mol. The van der Waals surface area contributed by atoms with Crippen LogP contribution in [0.25, 0.3) is 0 Å². The first-order valence-electron chi connectivity index (χ1n) is 7.26. The highest BCUT2D eigenvalue weighted by molar-refractivity contribution is 6.31. The van der Waals surface area contributed by atoms with Gasteiger partial charge in [0.15, 0.2) is 0 Å². The smallest absolute Gasteiger partial charge is 0.326 e. The summed E-state index contributed by atoms with van der Waals surface area (Å²) in [7, 11) is 1.57. The second-order valence-corrected chi connectivity index (χ2v) is 5.72. The summed E-state index contributed by atoms with van der Waals surface area (Å²) in [5.74, 6) is 1.25. The van der Waals surface area contributed by atoms with Crippen molar-refractivity contribution in [1.29, 1.82) is 0 Å². The molecule has 0 bridgehead atoms. The Morgan fingerprint density at radius 1 is 1.35 bits per heavy atom. The van der Waals surface area contributed by atoms with Crippen LogP contribution in [0.5, 0.6) is 11.5 Å². The molecule has 0 unspecified atom stereocenters. The van der Waals surface area contributed by atoms with Gasteiger partial charge in [-0.3, -0.25) is 4.90 Å². The molecule has 0 aliphatic carbocycles. The van der Waals surface area contributed by atoms with Gasteiger partial charge in [0.1, 0.15) is 17.6 Å². The minimum Gasteiger partial charge on any atom is -0.495 e. The van der Waals surface area contributed by atoms with Crippen LogP contribution in [-0.4, -0.2) is 25.8 Å². The summed E-state index contributed by atoms with van der Waals surface area (Å²) in [4.78, 5) is 14.3. The molecule has 120 valence electrons. The number of carbonyl (C=O) groups excluding carboxylic acids is 1. The lowest BCUT2D eigenvalue weighted by Gasteiger charge is -2.33. The highest BCUT2D eigenvalue weighted by Crippen LogP contribution is 2.36. The molecule has 3 rings (SSSR count). The fourth-order valence-corrected chi connectivity index (χ4v) is 2.70. The zero-order valence-corrected chi connectivity index (χ0v) is 13.6. The van der Waals surface area contributed by atoms with Gasteiger partial charge in [-0.15, -0.1) is 0 Å². The van der Waals surface area contributed by atoms with Crippen molar-refractivity contribution in [2.45, 2.75) is 13.0 Å². The first kappa shape index (κ1) is 15.5. The van der Waals surface area contributed by atoms with Crippen LogP contribution < -0.4 is 19.7 Å². The van der Waals surface area contributed by atoms with E-state index in [2.05, 4.69) is 5.32 Å². The Kier molecular flexibility index (Phi) is 4.30. The third-order valence-corrected chi connectivity index (χ3v) is 3.81. The van der Waals surface area contributed by atoms with E-state index in [1.54, 1.807) is 42.3 Å². The van der Waals surface area contributed by atoms with Gasteiger partial charge in [-0.25, -0.2) is 4.79 Å². The molecular weight excluding hydrogens is 316 g/mol. The maximum Gasteiger partial charge on any atom is 0.326 e. The van der Waals surface area contributed by atoms with Crippen molar-refractivity contribution < 1.29 is 14.3 Å². The molecule has 23 heavy (non-hydrogen) atoms. The summed E-state index contributed by atoms with van der Waals surface area (Å²) in [6, 6.07) is 12.3. The number of rotatable bonds is 2. The van der Waals surface area contributed by atoms with Crippen molar-refractivity contribution in [1.82, 2.24) is 0 Å². The van der Waals surface area contributed by atoms with Gasteiger partial charge in [0, 0.05) is 5.02 Å². The van der Waals surface area contributed by atoms with Crippen LogP contribution in [0.1, 0.15) is 6.92 Å². The number of hydrogen-bond acceptors (Lipinski definition) is 3. The van der Waals surface area contributed by atoms with E-state index < -0.39 is 0 Å². The molecule has 0 spiro atoms. The molecule has 1 aliphatic heterocycles. The Balaban J connectivity index is 1.89. The van der Waals surface area contributed by atoms with Crippen LogP contribution >= 0.6 is 11.6 Å². The summed E-state index contributed by atoms with van der Waals surface area (Å²) in [6.07, 6.45) is -0.105. The standard InChI is InChI=1S/C17H17ClN2O3/c1-11-10-20(14-9-12(18)7-8-16(14)23-11)17(21)19-13-5-3-4-6-15(13)22-2/h3-9,11H,10H2,1-2H3,(H,19,21)/t11-/m1/s1. The van der Waals surface area contributed by atoms with Crippen LogP contribution in [-0.2, 0) is 0 Å². The number of ether oxygens (including phenoxy) is 2. The minimum absolute atomic E-state index is 0.105. The van der Waals surface area contributed by atoms with E-state index in [0.29, 0.717) is 34.4 Å². The molecule has 1 heterocycles. The third-order valence-electron chi connectivity index (χ3n) is 3.57. The molecule has 6 heteroatoms. The van der Waals surface area contributed by atoms with E-state index in [0.717, 1.165) is 0 Å². The number of carbonyl (C=O) groups is 1. The molecular formula is C17H17ClN2O3. The number of nitrogens with one attached hydrogen (secondary N) is 1. The molecule has 2 aromatic carbocycles. The number of halogens is 1. The van der Waals surface area contributed by atoms with Crippen molar-refractivity contribution in [2.24, 2.45) is 0 Å². The van der Waals surface area contributed by atoms with Crippen LogP contribution in [0.15, 0.2) is 42.5 Å². The van der Waals surface area contributed by atoms with Crippen molar-refractivity contribution in [2.75, 3.05) is 23.9 Å². The van der Waals surface area contributed by atoms with Gasteiger partial charge >= 0.3 is 6.03 Å². The molecule has 1 atom stereocenters. The topological polar surface area (TPSA) is 50.8 Å². The SMILES string of the molecule is COc1ccccc1NC(=O)N1C[C@@H](C)Oc2ccc(Cl)cc21. The Bertz CT molecular complexity index is 736. The first-order chi connectivity index (χ1) is 11.1. The zero-order valence-electron chi connectivity index (χ0n) is 12.9. The van der Waals surface area contributed by atoms with Gasteiger partial charge < -0.3 is 14.8 Å². The lowest BCUT2D eigenvalue weighted by molar-refractivity contribution is 0.208. The largest absolute Gasteiger partial charge is 0.495 e. The molecule has 1 aliphatic rings. The van der Waals surface area contributed by atoms with E-state index in [1.165, 1.54) is 0 Å². The number of fused-ring (bicyclic) bond motifs is 1. The third kappa shape index (κ3) is 3.19. The summed E-state index contributed by atoms with van der Waals surface area (Å²) >= 11 is 6.06. The van der Waals surface area contributed by atoms with Gasteiger partial charge in [0.25, 0.3) is 0 Å². The first-order valence-corrected chi connectivity index (χ1v) is 7.64. The second-order valence-electron chi connectivity index (χ2n) is 5.28. The number of benzene rings is 2. The lowest BCUT2D eigenvalue weighted by atomic mass is 10.2. The quantitative estimate of drug-likeness (QED) is 0.898. The fraction of sp³-hybridized carbons (Fsp3) is 0.235. The average Bonchev–Trinajstić information content (AvgIpc) is 2.55. The number of hydrogen-bond donors (Lipinski definition) is 1. The molecule has 2 aromatic rings. The number of urea groups is 1. The van der Waals surface area contributed by atoms with Gasteiger partial charge in [-0.2, -0.15) is 0 Å². The normalized spacial score (nSPS) is 16.3. The van der Waals surface area contributed by atoms with E-state index >= 15 is 0 Å². The van der Waals surface area contributed by atoms with Crippen molar-refractivity contribution in [3.8, 4) is 11.5 Å². The lowest BCUT2D eigenvalue weighted by Crippen LogP contribution is -2.44. The maximum absolute atomic E-state index is 12.7. The molecule has 0 fully saturated rings. The van der Waals surface area contributed by atoms with Crippen LogP contribution in [0.3, 0.4) is 0 Å². The van der Waals surface area contributed by atoms with Crippen LogP contribution in [0.4, 0.5) is 16.2 Å². The second kappa shape index (κ2) is 6.38. The number of para-hydroxylation sites is 2. The fourth-order valence-electron chi connectivity index (χ4n) is 2.53. The highest BCUT2D eigenvalue weighted by atomic mass is 35.5. The van der Waals surface area contributed by atoms with E-state index in [9.17, 15) is 4.79 Å². The summed E-state index contributed by atoms with van der Waals surface area (Å²) in [5, 5.41) is 3.43. The van der Waals surface area contributed by atoms with Crippen LogP contribution in [0.2, 0.25) is 5.02 Å². The number of nitrogens with zero attached hydrogens (tertiary/aromatic N) is 1. The molecule has 5 nitrogen and oxygen atoms in total. The van der Waals surface area contributed by atoms with E-state index in [1.807, 2.05) is 19.1 Å². The van der Waals surface area contributed by atoms with Gasteiger partial charge in [0.05, 0.1) is 25.0 Å². The molecule has 1 N–H and O–H groups in total. The Morgan fingerprint density at radius 2 is 2.13 bits per heavy atom. The predicted octanol–water partition coefficient (Wildman–Crippen LogP) is 4.17.